The van der Waals surface area contributed by atoms with E-state index in [1.54, 1.807) is 20.8 Å². The van der Waals surface area contributed by atoms with Crippen LogP contribution in [-0.4, -0.2) is 87.8 Å². The van der Waals surface area contributed by atoms with Crippen molar-refractivity contribution in [2.24, 2.45) is 17.6 Å². The fraction of sp³-hybridized carbons (Fsp3) is 0.808. The van der Waals surface area contributed by atoms with Crippen LogP contribution in [0.15, 0.2) is 0 Å². The molecule has 4 N–H and O–H groups in total. The van der Waals surface area contributed by atoms with E-state index in [4.69, 9.17) is 17.3 Å². The van der Waals surface area contributed by atoms with Gasteiger partial charge in [0, 0.05) is 24.1 Å². The maximum absolute atomic E-state index is 13.4. The van der Waals surface area contributed by atoms with E-state index in [0.29, 0.717) is 20.3 Å². The molecule has 0 spiro atoms. The normalized spacial score (nSPS) is 20.1. The third-order valence-corrected chi connectivity index (χ3v) is 8.08. The molecule has 4 unspecified atom stereocenters. The van der Waals surface area contributed by atoms with Crippen molar-refractivity contribution in [2.45, 2.75) is 102 Å². The van der Waals surface area contributed by atoms with Gasteiger partial charge < -0.3 is 26.0 Å². The summed E-state index contributed by atoms with van der Waals surface area (Å²) in [6, 6.07) is -2.30. The molecule has 1 saturated carbocycles. The highest BCUT2D eigenvalue weighted by molar-refractivity contribution is 8.01. The van der Waals surface area contributed by atoms with Crippen LogP contribution in [0.3, 0.4) is 0 Å². The van der Waals surface area contributed by atoms with Gasteiger partial charge in [-0.3, -0.25) is 19.2 Å². The molecular weight excluding hydrogens is 624 g/mol. The predicted molar refractivity (Wildman–Crippen MR) is 157 cm³/mol. The molecule has 10 nitrogen and oxygen atoms in total. The number of ketones is 1. The maximum Gasteiger partial charge on any atom is 0.427 e. The van der Waals surface area contributed by atoms with Crippen LogP contribution in [0.4, 0.5) is 18.0 Å². The quantitative estimate of drug-likeness (QED) is 0.180. The monoisotopic (exact) mass is 666 g/mol. The Bertz CT molecular complexity index is 938. The third-order valence-electron chi connectivity index (χ3n) is 6.62. The number of ether oxygens (including phenoxy) is 1. The van der Waals surface area contributed by atoms with Gasteiger partial charge in [0.2, 0.25) is 17.4 Å². The average molecular weight is 668 g/mol. The molecule has 1 heterocycles. The third kappa shape index (κ3) is 11.6. The Kier molecular flexibility index (Phi) is 17.2. The maximum atomic E-state index is 13.4. The largest absolute Gasteiger partial charge is 0.434 e. The number of carbonyl (C=O) groups is 5. The van der Waals surface area contributed by atoms with Crippen molar-refractivity contribution >= 4 is 64.6 Å². The van der Waals surface area contributed by atoms with Gasteiger partial charge in [-0.1, -0.05) is 34.1 Å². The molecule has 4 atom stereocenters. The van der Waals surface area contributed by atoms with Gasteiger partial charge in [0.15, 0.2) is 0 Å². The van der Waals surface area contributed by atoms with Crippen LogP contribution in [0.2, 0.25) is 0 Å². The number of nitrogens with two attached hydrogens (primary N) is 1. The Morgan fingerprint density at radius 1 is 1.07 bits per heavy atom. The molecule has 16 heteroatoms. The Morgan fingerprint density at radius 3 is 2.00 bits per heavy atom. The number of primary amides is 1. The van der Waals surface area contributed by atoms with E-state index in [0.717, 1.165) is 36.9 Å². The van der Waals surface area contributed by atoms with Crippen molar-refractivity contribution in [3.63, 3.8) is 0 Å². The first-order valence-electron chi connectivity index (χ1n) is 13.5. The number of halogens is 5. The highest BCUT2D eigenvalue weighted by Gasteiger charge is 2.51. The van der Waals surface area contributed by atoms with Gasteiger partial charge in [-0.05, 0) is 44.9 Å². The molecule has 4 amide bonds. The van der Waals surface area contributed by atoms with E-state index in [1.165, 1.54) is 11.3 Å². The zero-order chi connectivity index (χ0) is 33.0. The SMILES string of the molecule is CC(C)C(NC(=O)OC(C)(C)C(F)(F)F)C(=O)N1CCC(C)C1C(=O)NC(SC1CCC1)C(=O)C(N)=O.CCCl.CCl. The van der Waals surface area contributed by atoms with Crippen molar-refractivity contribution in [2.75, 3.05) is 18.8 Å². The van der Waals surface area contributed by atoms with Crippen molar-refractivity contribution in [3.05, 3.63) is 0 Å². The summed E-state index contributed by atoms with van der Waals surface area (Å²) >= 11 is 10.8. The number of rotatable bonds is 10. The summed E-state index contributed by atoms with van der Waals surface area (Å²) in [4.78, 5) is 64.0. The summed E-state index contributed by atoms with van der Waals surface area (Å²) in [7, 11) is 0. The first-order chi connectivity index (χ1) is 19.4. The first kappa shape index (κ1) is 40.1. The lowest BCUT2D eigenvalue weighted by Gasteiger charge is -2.34. The Balaban J connectivity index is 0.00000315. The van der Waals surface area contributed by atoms with E-state index in [1.807, 2.05) is 6.92 Å². The second-order valence-electron chi connectivity index (χ2n) is 10.6. The van der Waals surface area contributed by atoms with Gasteiger partial charge in [0.05, 0.1) is 0 Å². The number of carbonyl (C=O) groups excluding carboxylic acids is 5. The zero-order valence-corrected chi connectivity index (χ0v) is 27.3. The highest BCUT2D eigenvalue weighted by Crippen LogP contribution is 2.35. The molecule has 1 aliphatic heterocycles. The van der Waals surface area contributed by atoms with E-state index in [-0.39, 0.29) is 17.7 Å². The van der Waals surface area contributed by atoms with Crippen LogP contribution in [0.25, 0.3) is 0 Å². The van der Waals surface area contributed by atoms with Gasteiger partial charge in [-0.15, -0.1) is 35.0 Å². The zero-order valence-electron chi connectivity index (χ0n) is 25.0. The molecule has 2 aliphatic rings. The number of likely N-dealkylation sites (tertiary alicyclic amines) is 1. The molecule has 0 aromatic rings. The lowest BCUT2D eigenvalue weighted by atomic mass is 9.99. The number of amides is 4. The molecule has 0 aromatic heterocycles. The number of nitrogens with zero attached hydrogens (tertiary/aromatic N) is 1. The minimum Gasteiger partial charge on any atom is -0.434 e. The summed E-state index contributed by atoms with van der Waals surface area (Å²) in [5, 5.41) is 3.66. The fourth-order valence-corrected chi connectivity index (χ4v) is 5.35. The van der Waals surface area contributed by atoms with E-state index >= 15 is 0 Å². The number of hydrogen-bond acceptors (Lipinski definition) is 7. The lowest BCUT2D eigenvalue weighted by Crippen LogP contribution is -2.58. The Morgan fingerprint density at radius 2 is 1.60 bits per heavy atom. The Hall–Kier alpha value is -1.93. The van der Waals surface area contributed by atoms with Crippen LogP contribution in [0.1, 0.15) is 67.2 Å². The number of hydrogen-bond donors (Lipinski definition) is 3. The smallest absolute Gasteiger partial charge is 0.427 e. The molecule has 0 radical (unpaired) electrons. The number of nitrogens with one attached hydrogen (secondary N) is 2. The summed E-state index contributed by atoms with van der Waals surface area (Å²) in [6.45, 7) is 8.32. The summed E-state index contributed by atoms with van der Waals surface area (Å²) in [5.41, 5.74) is 2.37. The second kappa shape index (κ2) is 18.0. The topological polar surface area (TPSA) is 148 Å². The number of Topliss-reactive ketones (excluding diaryl/α,β-unsaturated/α-hetero) is 1. The Labute approximate surface area is 259 Å². The predicted octanol–water partition coefficient (Wildman–Crippen LogP) is 4.20. The molecular formula is C26H43Cl2F3N4O6S. The van der Waals surface area contributed by atoms with Crippen molar-refractivity contribution in [1.29, 1.82) is 0 Å². The van der Waals surface area contributed by atoms with Crippen LogP contribution >= 0.6 is 35.0 Å². The standard InChI is InChI=1S/C23H35F3N4O6S.C2H5Cl.CH3Cl/c1-11(2)14(28-21(35)36-22(4,5)23(24,25)26)20(34)30-10-9-12(3)15(30)18(33)29-19(16(31)17(27)32)37-13-7-6-8-13;1-2-3;1-2/h11-15,19H,6-10H2,1-5H3,(H2,27,32)(H,28,35)(H,29,33);2H2,1H3;1H3. The summed E-state index contributed by atoms with van der Waals surface area (Å²) in [6.07, 6.45) is -1.72. The number of alkyl carbamates (subject to hydrolysis) is 1. The lowest BCUT2D eigenvalue weighted by molar-refractivity contribution is -0.244. The van der Waals surface area contributed by atoms with Crippen LogP contribution in [-0.2, 0) is 23.9 Å². The van der Waals surface area contributed by atoms with Gasteiger partial charge in [0.1, 0.15) is 17.5 Å². The molecule has 2 rings (SSSR count). The highest BCUT2D eigenvalue weighted by atomic mass is 35.5. The molecule has 1 aliphatic carbocycles. The van der Waals surface area contributed by atoms with E-state index in [2.05, 4.69) is 27.0 Å². The van der Waals surface area contributed by atoms with Crippen LogP contribution in [0.5, 0.6) is 0 Å². The molecule has 0 aromatic carbocycles. The van der Waals surface area contributed by atoms with Crippen molar-refractivity contribution < 1.29 is 41.9 Å². The molecule has 1 saturated heterocycles. The van der Waals surface area contributed by atoms with Gasteiger partial charge in [-0.25, -0.2) is 4.79 Å². The van der Waals surface area contributed by atoms with Crippen LogP contribution < -0.4 is 16.4 Å². The van der Waals surface area contributed by atoms with Crippen molar-refractivity contribution in [1.82, 2.24) is 15.5 Å². The van der Waals surface area contributed by atoms with Gasteiger partial charge >= 0.3 is 12.3 Å². The molecule has 0 bridgehead atoms. The van der Waals surface area contributed by atoms with Crippen LogP contribution in [0, 0.1) is 11.8 Å². The van der Waals surface area contributed by atoms with E-state index in [9.17, 15) is 37.1 Å². The second-order valence-corrected chi connectivity index (χ2v) is 12.5. The fourth-order valence-electron chi connectivity index (χ4n) is 3.94. The molecule has 2 fully saturated rings. The number of thioether (sulfide) groups is 1. The summed E-state index contributed by atoms with van der Waals surface area (Å²) in [5.74, 6) is -3.63. The van der Waals surface area contributed by atoms with Crippen molar-refractivity contribution in [3.8, 4) is 0 Å². The van der Waals surface area contributed by atoms with Gasteiger partial charge in [0.25, 0.3) is 11.7 Å². The summed E-state index contributed by atoms with van der Waals surface area (Å²) < 4.78 is 43.9. The minimum absolute atomic E-state index is 0.0915. The average Bonchev–Trinajstić information content (AvgIpc) is 3.24. The van der Waals surface area contributed by atoms with Gasteiger partial charge in [-0.2, -0.15) is 13.2 Å². The molecule has 42 heavy (non-hydrogen) atoms. The number of alkyl halides is 5. The molecule has 244 valence electrons. The minimum atomic E-state index is -4.83. The first-order valence-corrected chi connectivity index (χ1v) is 15.7. The van der Waals surface area contributed by atoms with E-state index < -0.39 is 64.8 Å².